The Bertz CT molecular complexity index is 346. The van der Waals surface area contributed by atoms with Crippen molar-refractivity contribution in [1.82, 2.24) is 9.78 Å². The van der Waals surface area contributed by atoms with E-state index in [9.17, 15) is 9.59 Å². The van der Waals surface area contributed by atoms with Gasteiger partial charge < -0.3 is 15.6 Å². The molecular weight excluding hydrogens is 190 g/mol. The Morgan fingerprint density at radius 2 is 2.36 bits per heavy atom. The maximum atomic E-state index is 10.9. The number of carboxylic acid groups (broad SMARTS) is 1. The van der Waals surface area contributed by atoms with E-state index in [1.54, 1.807) is 0 Å². The van der Waals surface area contributed by atoms with E-state index in [1.807, 2.05) is 0 Å². The number of carboxylic acids is 1. The zero-order chi connectivity index (χ0) is 10.6. The number of carbonyl (C=O) groups is 2. The fraction of sp³-hybridized carbons (Fsp3) is 0.286. The molecule has 0 aromatic carbocycles. The lowest BCUT2D eigenvalue weighted by molar-refractivity contribution is -0.155. The third-order valence-electron chi connectivity index (χ3n) is 1.31. The van der Waals surface area contributed by atoms with Crippen molar-refractivity contribution in [1.29, 1.82) is 0 Å². The van der Waals surface area contributed by atoms with Gasteiger partial charge in [-0.3, -0.25) is 9.48 Å². The summed E-state index contributed by atoms with van der Waals surface area (Å²) >= 11 is 0. The number of esters is 1. The van der Waals surface area contributed by atoms with Crippen LogP contribution in [0.2, 0.25) is 0 Å². The van der Waals surface area contributed by atoms with Crippen LogP contribution < -0.4 is 5.73 Å². The molecule has 14 heavy (non-hydrogen) atoms. The van der Waals surface area contributed by atoms with Crippen molar-refractivity contribution in [2.45, 2.75) is 6.54 Å². The van der Waals surface area contributed by atoms with Gasteiger partial charge in [0.05, 0.1) is 0 Å². The van der Waals surface area contributed by atoms with Gasteiger partial charge in [-0.05, 0) is 6.07 Å². The zero-order valence-electron chi connectivity index (χ0n) is 7.21. The number of aromatic nitrogens is 2. The van der Waals surface area contributed by atoms with Crippen molar-refractivity contribution < 1.29 is 19.4 Å². The van der Waals surface area contributed by atoms with Crippen molar-refractivity contribution in [2.24, 2.45) is 0 Å². The molecule has 0 radical (unpaired) electrons. The van der Waals surface area contributed by atoms with E-state index >= 15 is 0 Å². The summed E-state index contributed by atoms with van der Waals surface area (Å²) in [6, 6.07) is 1.52. The Morgan fingerprint density at radius 1 is 1.64 bits per heavy atom. The Balaban J connectivity index is 2.37. The highest BCUT2D eigenvalue weighted by atomic mass is 16.5. The molecule has 0 aliphatic carbocycles. The predicted octanol–water partition coefficient (Wildman–Crippen LogP) is -0.907. The maximum absolute atomic E-state index is 10.9. The van der Waals surface area contributed by atoms with E-state index < -0.39 is 18.5 Å². The number of anilines is 1. The molecule has 0 amide bonds. The van der Waals surface area contributed by atoms with Gasteiger partial charge in [0.1, 0.15) is 12.4 Å². The Hall–Kier alpha value is -2.05. The van der Waals surface area contributed by atoms with E-state index in [0.717, 1.165) is 0 Å². The molecule has 0 aliphatic rings. The normalized spacial score (nSPS) is 9.71. The third kappa shape index (κ3) is 3.13. The Morgan fingerprint density at radius 3 is 2.86 bits per heavy atom. The molecule has 0 saturated heterocycles. The number of nitrogen functional groups attached to an aromatic ring is 1. The summed E-state index contributed by atoms with van der Waals surface area (Å²) in [5.74, 6) is -1.58. The zero-order valence-corrected chi connectivity index (χ0v) is 7.21. The molecule has 1 rings (SSSR count). The third-order valence-corrected chi connectivity index (χ3v) is 1.31. The molecule has 1 aromatic heterocycles. The average Bonchev–Trinajstić information content (AvgIpc) is 2.48. The molecular formula is C7H9N3O4. The van der Waals surface area contributed by atoms with Crippen LogP contribution in [0.25, 0.3) is 0 Å². The van der Waals surface area contributed by atoms with Gasteiger partial charge in [0, 0.05) is 6.20 Å². The standard InChI is InChI=1S/C7H9N3O4/c8-5-1-2-10(9-5)3-7(13)14-4-6(11)12/h1-2H,3-4H2,(H2,8,9)(H,11,12). The minimum Gasteiger partial charge on any atom is -0.479 e. The van der Waals surface area contributed by atoms with Gasteiger partial charge in [-0.1, -0.05) is 0 Å². The van der Waals surface area contributed by atoms with Gasteiger partial charge in [0.25, 0.3) is 0 Å². The van der Waals surface area contributed by atoms with E-state index in [1.165, 1.54) is 16.9 Å². The number of aliphatic carboxylic acids is 1. The smallest absolute Gasteiger partial charge is 0.341 e. The molecule has 0 spiro atoms. The van der Waals surface area contributed by atoms with Gasteiger partial charge >= 0.3 is 11.9 Å². The lowest BCUT2D eigenvalue weighted by Gasteiger charge is -2.01. The molecule has 0 bridgehead atoms. The summed E-state index contributed by atoms with van der Waals surface area (Å²) < 4.78 is 5.64. The van der Waals surface area contributed by atoms with E-state index in [0.29, 0.717) is 0 Å². The number of carbonyl (C=O) groups excluding carboxylic acids is 1. The minimum absolute atomic E-state index is 0.148. The first kappa shape index (κ1) is 10.0. The average molecular weight is 199 g/mol. The first-order valence-corrected chi connectivity index (χ1v) is 3.74. The second-order valence-corrected chi connectivity index (χ2v) is 2.49. The van der Waals surface area contributed by atoms with Gasteiger partial charge in [-0.15, -0.1) is 0 Å². The first-order chi connectivity index (χ1) is 6.58. The molecule has 7 heteroatoms. The van der Waals surface area contributed by atoms with Gasteiger partial charge in [-0.25, -0.2) is 4.79 Å². The lowest BCUT2D eigenvalue weighted by Crippen LogP contribution is -2.18. The van der Waals surface area contributed by atoms with Crippen LogP contribution in [0.1, 0.15) is 0 Å². The number of hydrogen-bond donors (Lipinski definition) is 2. The van der Waals surface area contributed by atoms with Crippen molar-refractivity contribution >= 4 is 17.8 Å². The van der Waals surface area contributed by atoms with Gasteiger partial charge in [0.2, 0.25) is 0 Å². The summed E-state index contributed by atoms with van der Waals surface area (Å²) in [5, 5.41) is 11.9. The molecule has 3 N–H and O–H groups in total. The molecule has 1 heterocycles. The van der Waals surface area contributed by atoms with Crippen molar-refractivity contribution in [3.8, 4) is 0 Å². The van der Waals surface area contributed by atoms with E-state index in [4.69, 9.17) is 10.8 Å². The van der Waals surface area contributed by atoms with Gasteiger partial charge in [-0.2, -0.15) is 5.10 Å². The molecule has 76 valence electrons. The molecule has 0 saturated carbocycles. The minimum atomic E-state index is -1.20. The fourth-order valence-corrected chi connectivity index (χ4v) is 0.786. The highest BCUT2D eigenvalue weighted by molar-refractivity contribution is 5.74. The molecule has 7 nitrogen and oxygen atoms in total. The number of nitrogens with two attached hydrogens (primary N) is 1. The molecule has 1 aromatic rings. The second kappa shape index (κ2) is 4.26. The van der Waals surface area contributed by atoms with Crippen LogP contribution in [0.15, 0.2) is 12.3 Å². The van der Waals surface area contributed by atoms with Crippen LogP contribution >= 0.6 is 0 Å². The molecule has 0 aliphatic heterocycles. The predicted molar refractivity (Wildman–Crippen MR) is 45.2 cm³/mol. The molecule has 0 atom stereocenters. The highest BCUT2D eigenvalue weighted by Crippen LogP contribution is 1.95. The van der Waals surface area contributed by atoms with Crippen molar-refractivity contribution in [2.75, 3.05) is 12.3 Å². The summed E-state index contributed by atoms with van der Waals surface area (Å²) in [4.78, 5) is 21.0. The fourth-order valence-electron chi connectivity index (χ4n) is 0.786. The van der Waals surface area contributed by atoms with E-state index in [-0.39, 0.29) is 12.4 Å². The van der Waals surface area contributed by atoms with Crippen LogP contribution in [0.4, 0.5) is 5.82 Å². The van der Waals surface area contributed by atoms with Crippen LogP contribution in [0.5, 0.6) is 0 Å². The highest BCUT2D eigenvalue weighted by Gasteiger charge is 2.07. The number of rotatable bonds is 4. The quantitative estimate of drug-likeness (QED) is 0.608. The topological polar surface area (TPSA) is 107 Å². The summed E-state index contributed by atoms with van der Waals surface area (Å²) in [6.07, 6.45) is 1.50. The second-order valence-electron chi connectivity index (χ2n) is 2.49. The molecule has 0 fully saturated rings. The summed E-state index contributed by atoms with van der Waals surface area (Å²) in [5.41, 5.74) is 5.30. The molecule has 0 unspecified atom stereocenters. The van der Waals surface area contributed by atoms with E-state index in [2.05, 4.69) is 9.84 Å². The Kier molecular flexibility index (Phi) is 3.05. The number of hydrogen-bond acceptors (Lipinski definition) is 5. The SMILES string of the molecule is Nc1ccn(CC(=O)OCC(=O)O)n1. The lowest BCUT2D eigenvalue weighted by atomic mass is 10.6. The summed E-state index contributed by atoms with van der Waals surface area (Å²) in [6.45, 7) is -0.792. The maximum Gasteiger partial charge on any atom is 0.341 e. The van der Waals surface area contributed by atoms with Crippen LogP contribution in [-0.2, 0) is 20.9 Å². The largest absolute Gasteiger partial charge is 0.479 e. The van der Waals surface area contributed by atoms with Crippen LogP contribution in [0.3, 0.4) is 0 Å². The van der Waals surface area contributed by atoms with Crippen LogP contribution in [0, 0.1) is 0 Å². The number of ether oxygens (including phenoxy) is 1. The van der Waals surface area contributed by atoms with Crippen molar-refractivity contribution in [3.63, 3.8) is 0 Å². The van der Waals surface area contributed by atoms with Crippen LogP contribution in [-0.4, -0.2) is 33.4 Å². The first-order valence-electron chi connectivity index (χ1n) is 3.74. The monoisotopic (exact) mass is 199 g/mol. The van der Waals surface area contributed by atoms with Crippen molar-refractivity contribution in [3.05, 3.63) is 12.3 Å². The summed E-state index contributed by atoms with van der Waals surface area (Å²) in [7, 11) is 0. The van der Waals surface area contributed by atoms with Gasteiger partial charge in [0.15, 0.2) is 6.61 Å². The number of nitrogens with zero attached hydrogens (tertiary/aromatic N) is 2. The Labute approximate surface area is 79.1 Å².